The van der Waals surface area contributed by atoms with Crippen molar-refractivity contribution in [3.63, 3.8) is 0 Å². The first-order valence-electron chi connectivity index (χ1n) is 13.5. The summed E-state index contributed by atoms with van der Waals surface area (Å²) in [5, 5.41) is 29.7. The molecule has 2 aromatic rings. The van der Waals surface area contributed by atoms with Crippen LogP contribution in [0.25, 0.3) is 16.5 Å². The summed E-state index contributed by atoms with van der Waals surface area (Å²) in [5.41, 5.74) is 5.60. The van der Waals surface area contributed by atoms with E-state index >= 15 is 0 Å². The summed E-state index contributed by atoms with van der Waals surface area (Å²) >= 11 is 0. The molecule has 3 heterocycles. The highest BCUT2D eigenvalue weighted by molar-refractivity contribution is 5.92. The first-order valence-corrected chi connectivity index (χ1v) is 13.5. The van der Waals surface area contributed by atoms with Gasteiger partial charge in [-0.05, 0) is 80.6 Å². The van der Waals surface area contributed by atoms with Crippen LogP contribution in [0.3, 0.4) is 0 Å². The standard InChI is InChI=1S/C29H33F3N4O3/c1-26-12-19(29(30,31)32)17-11-18-23(37)24(38)21(36(2)3)13-27(18)8-9-28(17,39-27)22(26)7-5-16(26)14-4-6-20-15(10-14)25(33)35-34-20/h4-6,10-11,21-24,37-38H,7-9,12-13H2,1-3H3,(H3,33,34,35). The van der Waals surface area contributed by atoms with Gasteiger partial charge in [-0.1, -0.05) is 25.1 Å². The van der Waals surface area contributed by atoms with Gasteiger partial charge in [-0.25, -0.2) is 0 Å². The molecule has 3 aliphatic carbocycles. The van der Waals surface area contributed by atoms with Crippen LogP contribution in [0.5, 0.6) is 0 Å². The number of nitrogens with two attached hydrogens (primary N) is 1. The van der Waals surface area contributed by atoms with Crippen molar-refractivity contribution in [1.29, 1.82) is 0 Å². The molecule has 7 atom stereocenters. The van der Waals surface area contributed by atoms with Crippen molar-refractivity contribution in [3.05, 3.63) is 52.6 Å². The number of aliphatic hydroxyl groups is 2. The minimum absolute atomic E-state index is 0.138. The Morgan fingerprint density at radius 2 is 1.97 bits per heavy atom. The molecular formula is C29H33F3N4O3. The number of aromatic amines is 1. The van der Waals surface area contributed by atoms with Crippen LogP contribution >= 0.6 is 0 Å². The second kappa shape index (κ2) is 7.75. The molecule has 7 unspecified atom stereocenters. The Kier molecular flexibility index (Phi) is 5.03. The van der Waals surface area contributed by atoms with Crippen LogP contribution < -0.4 is 5.73 Å². The lowest BCUT2D eigenvalue weighted by Crippen LogP contribution is -2.62. The lowest BCUT2D eigenvalue weighted by Gasteiger charge is -2.57. The molecule has 1 aromatic heterocycles. The van der Waals surface area contributed by atoms with Crippen molar-refractivity contribution in [2.45, 2.75) is 74.7 Å². The van der Waals surface area contributed by atoms with Crippen LogP contribution in [0.4, 0.5) is 19.0 Å². The van der Waals surface area contributed by atoms with Gasteiger partial charge < -0.3 is 25.6 Å². The molecule has 2 fully saturated rings. The number of benzene rings is 1. The summed E-state index contributed by atoms with van der Waals surface area (Å²) in [4.78, 5) is 1.86. The van der Waals surface area contributed by atoms with Gasteiger partial charge in [0.2, 0.25) is 0 Å². The SMILES string of the molecule is CN(C)C1CC23CCC4(O2)C(=C(C(F)(F)F)CC2(C)C(c5ccc6[nH]nc(N)c6c5)=CCC24)C=C3C(O)C1O. The molecule has 0 radical (unpaired) electrons. The Morgan fingerprint density at radius 1 is 1.21 bits per heavy atom. The minimum Gasteiger partial charge on any atom is -0.388 e. The van der Waals surface area contributed by atoms with Gasteiger partial charge in [0.05, 0.1) is 22.8 Å². The van der Waals surface area contributed by atoms with E-state index < -0.39 is 40.6 Å². The third kappa shape index (κ3) is 3.17. The summed E-state index contributed by atoms with van der Waals surface area (Å²) in [6.45, 7) is 1.94. The second-order valence-corrected chi connectivity index (χ2v) is 12.5. The first kappa shape index (κ1) is 25.3. The summed E-state index contributed by atoms with van der Waals surface area (Å²) in [5.74, 6) is 0.143. The van der Waals surface area contributed by atoms with Crippen molar-refractivity contribution in [2.75, 3.05) is 19.8 Å². The number of hydrogen-bond acceptors (Lipinski definition) is 6. The van der Waals surface area contributed by atoms with Crippen LogP contribution in [-0.2, 0) is 4.74 Å². The third-order valence-electron chi connectivity index (χ3n) is 10.4. The quantitative estimate of drug-likeness (QED) is 0.455. The molecular weight excluding hydrogens is 509 g/mol. The monoisotopic (exact) mass is 542 g/mol. The summed E-state index contributed by atoms with van der Waals surface area (Å²) in [6, 6.07) is 5.32. The van der Waals surface area contributed by atoms with Crippen LogP contribution in [0.1, 0.15) is 44.6 Å². The number of ether oxygens (including phenoxy) is 1. The topological polar surface area (TPSA) is 108 Å². The highest BCUT2D eigenvalue weighted by atomic mass is 19.4. The summed E-state index contributed by atoms with van der Waals surface area (Å²) < 4.78 is 51.5. The number of hydrogen-bond donors (Lipinski definition) is 4. The predicted molar refractivity (Wildman–Crippen MR) is 140 cm³/mol. The number of nitrogens with zero attached hydrogens (tertiary/aromatic N) is 2. The van der Waals surface area contributed by atoms with Gasteiger partial charge in [-0.15, -0.1) is 0 Å². The molecule has 2 aliphatic heterocycles. The molecule has 2 spiro atoms. The Labute approximate surface area is 224 Å². The molecule has 1 saturated carbocycles. The molecule has 1 aromatic carbocycles. The van der Waals surface area contributed by atoms with E-state index in [2.05, 4.69) is 16.3 Å². The van der Waals surface area contributed by atoms with Crippen molar-refractivity contribution >= 4 is 22.3 Å². The molecule has 7 rings (SSSR count). The number of likely N-dealkylation sites (N-methyl/N-ethyl adjacent to an activating group) is 1. The van der Waals surface area contributed by atoms with Crippen molar-refractivity contribution < 1.29 is 28.1 Å². The molecule has 7 nitrogen and oxygen atoms in total. The van der Waals surface area contributed by atoms with E-state index in [0.717, 1.165) is 22.0 Å². The molecule has 0 amide bonds. The van der Waals surface area contributed by atoms with Crippen LogP contribution in [0, 0.1) is 11.3 Å². The number of halogens is 3. The average molecular weight is 543 g/mol. The summed E-state index contributed by atoms with van der Waals surface area (Å²) in [7, 11) is 3.67. The number of H-pyrrole nitrogens is 1. The maximum Gasteiger partial charge on any atom is 0.413 e. The van der Waals surface area contributed by atoms with Gasteiger partial charge in [0.25, 0.3) is 0 Å². The minimum atomic E-state index is -4.57. The number of fused-ring (bicyclic) bond motifs is 2. The number of allylic oxidation sites excluding steroid dienone is 3. The zero-order chi connectivity index (χ0) is 27.7. The van der Waals surface area contributed by atoms with Crippen molar-refractivity contribution in [2.24, 2.45) is 11.3 Å². The molecule has 39 heavy (non-hydrogen) atoms. The first-order chi connectivity index (χ1) is 18.3. The largest absolute Gasteiger partial charge is 0.413 e. The number of alkyl halides is 3. The maximum absolute atomic E-state index is 14.9. The second-order valence-electron chi connectivity index (χ2n) is 12.5. The highest BCUT2D eigenvalue weighted by Gasteiger charge is 2.69. The van der Waals surface area contributed by atoms with E-state index in [1.54, 1.807) is 6.08 Å². The molecule has 1 saturated heterocycles. The number of aliphatic hydroxyl groups excluding tert-OH is 2. The van der Waals surface area contributed by atoms with Gasteiger partial charge in [-0.3, -0.25) is 5.10 Å². The van der Waals surface area contributed by atoms with Crippen LogP contribution in [0.2, 0.25) is 0 Å². The van der Waals surface area contributed by atoms with Gasteiger partial charge in [0.1, 0.15) is 6.10 Å². The van der Waals surface area contributed by atoms with Crippen LogP contribution in [-0.4, -0.2) is 75.0 Å². The van der Waals surface area contributed by atoms with Gasteiger partial charge in [0.15, 0.2) is 5.82 Å². The van der Waals surface area contributed by atoms with E-state index in [1.807, 2.05) is 44.1 Å². The summed E-state index contributed by atoms with van der Waals surface area (Å²) in [6.07, 6.45) is -1.61. The Morgan fingerprint density at radius 3 is 2.69 bits per heavy atom. The van der Waals surface area contributed by atoms with E-state index in [-0.39, 0.29) is 24.0 Å². The zero-order valence-electron chi connectivity index (χ0n) is 22.1. The molecule has 2 bridgehead atoms. The number of aromatic nitrogens is 2. The average Bonchev–Trinajstić information content (AvgIpc) is 3.52. The van der Waals surface area contributed by atoms with E-state index in [9.17, 15) is 23.4 Å². The van der Waals surface area contributed by atoms with E-state index in [4.69, 9.17) is 10.5 Å². The van der Waals surface area contributed by atoms with Crippen molar-refractivity contribution in [1.82, 2.24) is 15.1 Å². The fourth-order valence-electron chi connectivity index (χ4n) is 8.58. The molecule has 208 valence electrons. The number of nitrogens with one attached hydrogen (secondary N) is 1. The van der Waals surface area contributed by atoms with Gasteiger partial charge in [-0.2, -0.15) is 18.3 Å². The Bertz CT molecular complexity index is 1490. The molecule has 5 N–H and O–H groups in total. The highest BCUT2D eigenvalue weighted by Crippen LogP contribution is 2.70. The van der Waals surface area contributed by atoms with Crippen molar-refractivity contribution in [3.8, 4) is 0 Å². The third-order valence-corrected chi connectivity index (χ3v) is 10.4. The lowest BCUT2D eigenvalue weighted by molar-refractivity contribution is -0.170. The Hall–Kier alpha value is -2.66. The zero-order valence-corrected chi connectivity index (χ0v) is 22.1. The fraction of sp³-hybridized carbons (Fsp3) is 0.552. The van der Waals surface area contributed by atoms with E-state index in [1.165, 1.54) is 0 Å². The van der Waals surface area contributed by atoms with E-state index in [0.29, 0.717) is 37.1 Å². The normalized spacial score (nSPS) is 39.5. The number of rotatable bonds is 2. The van der Waals surface area contributed by atoms with Gasteiger partial charge >= 0.3 is 6.18 Å². The van der Waals surface area contributed by atoms with Gasteiger partial charge in [0, 0.05) is 28.3 Å². The smallest absolute Gasteiger partial charge is 0.388 e. The fourth-order valence-corrected chi connectivity index (χ4v) is 8.58. The molecule has 10 heteroatoms. The lowest BCUT2D eigenvalue weighted by atomic mass is 9.56. The molecule has 5 aliphatic rings. The Balaban J connectivity index is 1.40. The maximum atomic E-state index is 14.9. The number of nitrogen functional groups attached to an aromatic ring is 1. The number of anilines is 1. The predicted octanol–water partition coefficient (Wildman–Crippen LogP) is 4.10. The van der Waals surface area contributed by atoms with Crippen LogP contribution in [0.15, 0.2) is 47.1 Å².